The van der Waals surface area contributed by atoms with E-state index in [1.165, 1.54) is 20.5 Å². The molecule has 2 nitrogen and oxygen atoms in total. The first-order valence-electron chi connectivity index (χ1n) is 7.09. The summed E-state index contributed by atoms with van der Waals surface area (Å²) in [5.41, 5.74) is 1.27. The summed E-state index contributed by atoms with van der Waals surface area (Å²) >= 11 is 7.28. The molecule has 1 heterocycles. The summed E-state index contributed by atoms with van der Waals surface area (Å²) in [5, 5.41) is 4.47. The highest BCUT2D eigenvalue weighted by Gasteiger charge is 2.12. The zero-order valence-corrected chi connectivity index (χ0v) is 15.9. The third-order valence-electron chi connectivity index (χ3n) is 2.95. The van der Waals surface area contributed by atoms with Gasteiger partial charge in [-0.05, 0) is 47.4 Å². The Hall–Kier alpha value is -0.360. The second-order valence-electron chi connectivity index (χ2n) is 5.32. The lowest BCUT2D eigenvalue weighted by Gasteiger charge is -2.04. The maximum Gasteiger partial charge on any atom is 0.103 e. The molecule has 5 heteroatoms. The van der Waals surface area contributed by atoms with E-state index in [0.29, 0.717) is 5.92 Å². The Balaban J connectivity index is 2.08. The van der Waals surface area contributed by atoms with E-state index in [2.05, 4.69) is 53.3 Å². The van der Waals surface area contributed by atoms with Gasteiger partial charge in [0.2, 0.25) is 0 Å². The van der Waals surface area contributed by atoms with Gasteiger partial charge < -0.3 is 5.32 Å². The van der Waals surface area contributed by atoms with Crippen LogP contribution in [-0.2, 0) is 18.7 Å². The highest BCUT2D eigenvalue weighted by molar-refractivity contribution is 9.10. The summed E-state index contributed by atoms with van der Waals surface area (Å²) in [6.07, 6.45) is 1.06. The Bertz CT molecular complexity index is 581. The molecule has 0 aliphatic rings. The fourth-order valence-electron chi connectivity index (χ4n) is 2.04. The first-order valence-corrected chi connectivity index (χ1v) is 9.69. The van der Waals surface area contributed by atoms with E-state index in [4.69, 9.17) is 4.98 Å². The molecular weight excluding hydrogens is 364 g/mol. The number of thioether (sulfide) groups is 1. The van der Waals surface area contributed by atoms with Crippen molar-refractivity contribution in [1.82, 2.24) is 10.3 Å². The third-order valence-corrected chi connectivity index (χ3v) is 6.27. The van der Waals surface area contributed by atoms with Gasteiger partial charge in [-0.25, -0.2) is 4.98 Å². The molecule has 0 bridgehead atoms. The number of hydrogen-bond donors (Lipinski definition) is 1. The van der Waals surface area contributed by atoms with Crippen LogP contribution in [0.2, 0.25) is 0 Å². The van der Waals surface area contributed by atoms with Gasteiger partial charge in [0.1, 0.15) is 5.01 Å². The minimum Gasteiger partial charge on any atom is -0.315 e. The first-order chi connectivity index (χ1) is 10.1. The summed E-state index contributed by atoms with van der Waals surface area (Å²) in [6.45, 7) is 5.41. The quantitative estimate of drug-likeness (QED) is 0.670. The maximum atomic E-state index is 4.86. The van der Waals surface area contributed by atoms with E-state index in [9.17, 15) is 0 Å². The fraction of sp³-hybridized carbons (Fsp3) is 0.438. The highest BCUT2D eigenvalue weighted by atomic mass is 79.9. The normalized spacial score (nSPS) is 11.3. The van der Waals surface area contributed by atoms with Crippen LogP contribution in [0.3, 0.4) is 0 Å². The first kappa shape index (κ1) is 17.0. The molecule has 0 amide bonds. The molecule has 0 fully saturated rings. The van der Waals surface area contributed by atoms with Crippen molar-refractivity contribution in [2.75, 3.05) is 7.05 Å². The van der Waals surface area contributed by atoms with Crippen molar-refractivity contribution in [3.63, 3.8) is 0 Å². The van der Waals surface area contributed by atoms with E-state index in [0.717, 1.165) is 23.2 Å². The SMILES string of the molecule is CNCc1sc(CSc2ccccc2Br)nc1CC(C)C. The van der Waals surface area contributed by atoms with Crippen molar-refractivity contribution in [3.8, 4) is 0 Å². The van der Waals surface area contributed by atoms with Gasteiger partial charge in [-0.1, -0.05) is 26.0 Å². The van der Waals surface area contributed by atoms with Crippen LogP contribution >= 0.6 is 39.0 Å². The van der Waals surface area contributed by atoms with Gasteiger partial charge >= 0.3 is 0 Å². The summed E-state index contributed by atoms with van der Waals surface area (Å²) in [5.74, 6) is 1.58. The number of thiazole rings is 1. The van der Waals surface area contributed by atoms with Crippen LogP contribution in [0.25, 0.3) is 0 Å². The van der Waals surface area contributed by atoms with Gasteiger partial charge in [0.05, 0.1) is 11.4 Å². The molecular formula is C16H21BrN2S2. The molecule has 0 saturated carbocycles. The number of nitrogens with zero attached hydrogens (tertiary/aromatic N) is 1. The maximum absolute atomic E-state index is 4.86. The average Bonchev–Trinajstić information content (AvgIpc) is 2.80. The van der Waals surface area contributed by atoms with E-state index in [1.807, 2.05) is 36.2 Å². The zero-order chi connectivity index (χ0) is 15.2. The number of benzene rings is 1. The topological polar surface area (TPSA) is 24.9 Å². The number of nitrogens with one attached hydrogen (secondary N) is 1. The second-order valence-corrected chi connectivity index (χ2v) is 8.36. The van der Waals surface area contributed by atoms with Gasteiger partial charge in [0.15, 0.2) is 0 Å². The Morgan fingerprint density at radius 2 is 2.10 bits per heavy atom. The zero-order valence-electron chi connectivity index (χ0n) is 12.6. The van der Waals surface area contributed by atoms with Crippen LogP contribution in [0.1, 0.15) is 29.4 Å². The number of rotatable bonds is 7. The molecule has 2 rings (SSSR count). The van der Waals surface area contributed by atoms with E-state index < -0.39 is 0 Å². The molecule has 0 aliphatic heterocycles. The molecule has 0 unspecified atom stereocenters. The lowest BCUT2D eigenvalue weighted by Crippen LogP contribution is -2.07. The third kappa shape index (κ3) is 5.09. The average molecular weight is 385 g/mol. The fourth-order valence-corrected chi connectivity index (χ4v) is 4.71. The molecule has 0 spiro atoms. The summed E-state index contributed by atoms with van der Waals surface area (Å²) in [6, 6.07) is 8.35. The number of halogens is 1. The summed E-state index contributed by atoms with van der Waals surface area (Å²) in [7, 11) is 1.99. The molecule has 21 heavy (non-hydrogen) atoms. The smallest absolute Gasteiger partial charge is 0.103 e. The molecule has 1 aromatic carbocycles. The number of hydrogen-bond acceptors (Lipinski definition) is 4. The van der Waals surface area contributed by atoms with Crippen LogP contribution in [-0.4, -0.2) is 12.0 Å². The van der Waals surface area contributed by atoms with Crippen molar-refractivity contribution in [2.24, 2.45) is 5.92 Å². The molecule has 0 saturated heterocycles. The summed E-state index contributed by atoms with van der Waals surface area (Å²) in [4.78, 5) is 7.51. The molecule has 2 aromatic rings. The van der Waals surface area contributed by atoms with Gasteiger partial charge in [-0.3, -0.25) is 0 Å². The second kappa shape index (κ2) is 8.32. The highest BCUT2D eigenvalue weighted by Crippen LogP contribution is 2.32. The molecule has 0 aliphatic carbocycles. The van der Waals surface area contributed by atoms with Crippen molar-refractivity contribution in [1.29, 1.82) is 0 Å². The number of aromatic nitrogens is 1. The van der Waals surface area contributed by atoms with Crippen LogP contribution < -0.4 is 5.32 Å². The summed E-state index contributed by atoms with van der Waals surface area (Å²) < 4.78 is 1.16. The van der Waals surface area contributed by atoms with Crippen molar-refractivity contribution < 1.29 is 0 Å². The van der Waals surface area contributed by atoms with Gasteiger partial charge in [0, 0.05) is 20.8 Å². The monoisotopic (exact) mass is 384 g/mol. The Morgan fingerprint density at radius 3 is 2.76 bits per heavy atom. The minimum atomic E-state index is 0.645. The van der Waals surface area contributed by atoms with Gasteiger partial charge in [-0.15, -0.1) is 23.1 Å². The van der Waals surface area contributed by atoms with E-state index in [1.54, 1.807) is 0 Å². The van der Waals surface area contributed by atoms with Crippen molar-refractivity contribution in [2.45, 2.75) is 37.5 Å². The molecule has 1 N–H and O–H groups in total. The van der Waals surface area contributed by atoms with Crippen LogP contribution in [0.4, 0.5) is 0 Å². The van der Waals surface area contributed by atoms with Gasteiger partial charge in [0.25, 0.3) is 0 Å². The van der Waals surface area contributed by atoms with Crippen molar-refractivity contribution in [3.05, 3.63) is 44.3 Å². The van der Waals surface area contributed by atoms with E-state index in [-0.39, 0.29) is 0 Å². The standard InChI is InChI=1S/C16H21BrN2S2/c1-11(2)8-13-15(9-18-3)21-16(19-13)10-20-14-7-5-4-6-12(14)17/h4-7,11,18H,8-10H2,1-3H3. The molecule has 1 aromatic heterocycles. The van der Waals surface area contributed by atoms with Crippen LogP contribution in [0, 0.1) is 5.92 Å². The van der Waals surface area contributed by atoms with Crippen molar-refractivity contribution >= 4 is 39.0 Å². The Labute approximate surface area is 143 Å². The van der Waals surface area contributed by atoms with Gasteiger partial charge in [-0.2, -0.15) is 0 Å². The van der Waals surface area contributed by atoms with E-state index >= 15 is 0 Å². The Morgan fingerprint density at radius 1 is 1.33 bits per heavy atom. The largest absolute Gasteiger partial charge is 0.315 e. The lowest BCUT2D eigenvalue weighted by molar-refractivity contribution is 0.630. The molecule has 0 atom stereocenters. The van der Waals surface area contributed by atoms with Crippen LogP contribution in [0.5, 0.6) is 0 Å². The van der Waals surface area contributed by atoms with Crippen LogP contribution in [0.15, 0.2) is 33.6 Å². The minimum absolute atomic E-state index is 0.645. The molecule has 0 radical (unpaired) electrons. The molecule has 114 valence electrons. The predicted molar refractivity (Wildman–Crippen MR) is 97.1 cm³/mol. The lowest BCUT2D eigenvalue weighted by atomic mass is 10.1. The predicted octanol–water partition coefficient (Wildman–Crippen LogP) is 5.12. The Kier molecular flexibility index (Phi) is 6.74.